The Bertz CT molecular complexity index is 840. The second kappa shape index (κ2) is 7.63. The van der Waals surface area contributed by atoms with Gasteiger partial charge in [-0.15, -0.1) is 0 Å². The number of carbonyl (C=O) groups excluding carboxylic acids is 1. The van der Waals surface area contributed by atoms with E-state index in [0.717, 1.165) is 5.56 Å². The van der Waals surface area contributed by atoms with Crippen molar-refractivity contribution in [2.75, 3.05) is 13.2 Å². The molecule has 1 fully saturated rings. The van der Waals surface area contributed by atoms with E-state index in [4.69, 9.17) is 14.7 Å². The van der Waals surface area contributed by atoms with Gasteiger partial charge in [-0.3, -0.25) is 0 Å². The van der Waals surface area contributed by atoms with E-state index in [0.29, 0.717) is 0 Å². The molecule has 0 spiro atoms. The highest BCUT2D eigenvalue weighted by molar-refractivity contribution is 5.92. The Morgan fingerprint density at radius 3 is 2.54 bits per heavy atom. The Morgan fingerprint density at radius 1 is 1.19 bits per heavy atom. The van der Waals surface area contributed by atoms with Gasteiger partial charge in [-0.25, -0.2) is 13.6 Å². The highest BCUT2D eigenvalue weighted by atomic mass is 19.1. The summed E-state index contributed by atoms with van der Waals surface area (Å²) in [4.78, 5) is 12.5. The summed E-state index contributed by atoms with van der Waals surface area (Å²) >= 11 is 0. The van der Waals surface area contributed by atoms with Crippen molar-refractivity contribution < 1.29 is 23.0 Å². The molecule has 0 N–H and O–H groups in total. The summed E-state index contributed by atoms with van der Waals surface area (Å²) < 4.78 is 40.4. The summed E-state index contributed by atoms with van der Waals surface area (Å²) in [5.74, 6) is -2.03. The summed E-state index contributed by atoms with van der Waals surface area (Å²) in [6.45, 7) is 0.283. The maximum Gasteiger partial charge on any atom is 0.341 e. The number of carbonyl (C=O) groups is 1. The minimum Gasteiger partial charge on any atom is -0.457 e. The first-order valence-electron chi connectivity index (χ1n) is 8.26. The van der Waals surface area contributed by atoms with Gasteiger partial charge in [0, 0.05) is 31.6 Å². The Morgan fingerprint density at radius 2 is 1.88 bits per heavy atom. The van der Waals surface area contributed by atoms with Crippen molar-refractivity contribution in [2.24, 2.45) is 0 Å². The van der Waals surface area contributed by atoms with Gasteiger partial charge in [-0.05, 0) is 11.6 Å². The van der Waals surface area contributed by atoms with Crippen molar-refractivity contribution in [3.05, 3.63) is 70.5 Å². The van der Waals surface area contributed by atoms with E-state index >= 15 is 4.39 Å². The first-order valence-corrected chi connectivity index (χ1v) is 8.26. The number of alkyl halides is 1. The van der Waals surface area contributed by atoms with Crippen LogP contribution in [0.25, 0.3) is 0 Å². The van der Waals surface area contributed by atoms with Gasteiger partial charge in [0.05, 0.1) is 5.56 Å². The van der Waals surface area contributed by atoms with Gasteiger partial charge in [0.2, 0.25) is 0 Å². The summed E-state index contributed by atoms with van der Waals surface area (Å²) in [5.41, 5.74) is -2.09. The van der Waals surface area contributed by atoms with Gasteiger partial charge in [-0.1, -0.05) is 36.4 Å². The topological polar surface area (TPSA) is 59.3 Å². The van der Waals surface area contributed by atoms with Crippen LogP contribution in [-0.2, 0) is 21.7 Å². The van der Waals surface area contributed by atoms with Crippen LogP contribution in [0.2, 0.25) is 0 Å². The third kappa shape index (κ3) is 3.58. The summed E-state index contributed by atoms with van der Waals surface area (Å²) in [6, 6.07) is 13.1. The molecule has 3 rings (SSSR count). The molecule has 0 unspecified atom stereocenters. The molecule has 0 radical (unpaired) electrons. The molecule has 0 atom stereocenters. The van der Waals surface area contributed by atoms with Crippen molar-refractivity contribution in [3.8, 4) is 6.07 Å². The lowest BCUT2D eigenvalue weighted by molar-refractivity contribution is -0.0127. The highest BCUT2D eigenvalue weighted by Gasteiger charge is 2.39. The van der Waals surface area contributed by atoms with Crippen LogP contribution in [-0.4, -0.2) is 19.2 Å². The fourth-order valence-electron chi connectivity index (χ4n) is 2.99. The van der Waals surface area contributed by atoms with E-state index in [1.807, 2.05) is 6.07 Å². The predicted octanol–water partition coefficient (Wildman–Crippen LogP) is 4.03. The molecule has 4 nitrogen and oxygen atoms in total. The monoisotopic (exact) mass is 357 g/mol. The number of halogens is 2. The Labute approximate surface area is 150 Å². The Balaban J connectivity index is 1.95. The third-order valence-corrected chi connectivity index (χ3v) is 4.45. The number of rotatable bonds is 4. The van der Waals surface area contributed by atoms with Crippen LogP contribution in [0, 0.1) is 17.1 Å². The Kier molecular flexibility index (Phi) is 5.29. The summed E-state index contributed by atoms with van der Waals surface area (Å²) in [5, 5.41) is 9.04. The van der Waals surface area contributed by atoms with Crippen LogP contribution in [0.15, 0.2) is 42.5 Å². The van der Waals surface area contributed by atoms with Gasteiger partial charge in [0.1, 0.15) is 23.9 Å². The molecule has 0 aliphatic carbocycles. The average Bonchev–Trinajstić information content (AvgIpc) is 2.67. The van der Waals surface area contributed by atoms with Crippen molar-refractivity contribution in [3.63, 3.8) is 0 Å². The smallest absolute Gasteiger partial charge is 0.341 e. The largest absolute Gasteiger partial charge is 0.457 e. The van der Waals surface area contributed by atoms with Crippen molar-refractivity contribution in [1.29, 1.82) is 5.26 Å². The SMILES string of the molecule is N#Cc1ccc(C2(F)CCOCC2)c(C(=O)OCc2ccccc2)c1F. The second-order valence-corrected chi connectivity index (χ2v) is 6.10. The molecule has 0 saturated carbocycles. The molecule has 0 aromatic heterocycles. The molecule has 26 heavy (non-hydrogen) atoms. The standard InChI is InChI=1S/C20H17F2NO3/c21-18-15(12-23)6-7-16(20(22)8-10-25-11-9-20)17(18)19(24)26-13-14-4-2-1-3-5-14/h1-7H,8-11,13H2. The third-order valence-electron chi connectivity index (χ3n) is 4.45. The number of nitriles is 1. The number of esters is 1. The van der Waals surface area contributed by atoms with E-state index in [2.05, 4.69) is 0 Å². The lowest BCUT2D eigenvalue weighted by Crippen LogP contribution is -2.32. The highest BCUT2D eigenvalue weighted by Crippen LogP contribution is 2.39. The molecule has 0 amide bonds. The number of benzene rings is 2. The molecule has 1 aliphatic heterocycles. The maximum atomic E-state index is 15.4. The second-order valence-electron chi connectivity index (χ2n) is 6.10. The molecule has 1 aliphatic rings. The van der Waals surface area contributed by atoms with Crippen LogP contribution in [0.5, 0.6) is 0 Å². The van der Waals surface area contributed by atoms with Gasteiger partial charge < -0.3 is 9.47 Å². The van der Waals surface area contributed by atoms with E-state index in [9.17, 15) is 9.18 Å². The number of hydrogen-bond donors (Lipinski definition) is 0. The van der Waals surface area contributed by atoms with E-state index < -0.39 is 23.0 Å². The van der Waals surface area contributed by atoms with Gasteiger partial charge in [0.15, 0.2) is 5.82 Å². The number of hydrogen-bond acceptors (Lipinski definition) is 4. The molecule has 134 valence electrons. The fourth-order valence-corrected chi connectivity index (χ4v) is 2.99. The van der Waals surface area contributed by atoms with Crippen LogP contribution in [0.1, 0.15) is 39.9 Å². The van der Waals surface area contributed by atoms with Crippen molar-refractivity contribution in [1.82, 2.24) is 0 Å². The average molecular weight is 357 g/mol. The number of ether oxygens (including phenoxy) is 2. The summed E-state index contributed by atoms with van der Waals surface area (Å²) in [7, 11) is 0. The predicted molar refractivity (Wildman–Crippen MR) is 89.5 cm³/mol. The van der Waals surface area contributed by atoms with Crippen molar-refractivity contribution in [2.45, 2.75) is 25.1 Å². The zero-order chi connectivity index (χ0) is 18.6. The first kappa shape index (κ1) is 18.0. The van der Waals surface area contributed by atoms with E-state index in [1.54, 1.807) is 30.3 Å². The fraction of sp³-hybridized carbons (Fsp3) is 0.300. The molecule has 2 aromatic carbocycles. The van der Waals surface area contributed by atoms with E-state index in [1.165, 1.54) is 12.1 Å². The molecular weight excluding hydrogens is 340 g/mol. The molecule has 1 saturated heterocycles. The minimum absolute atomic E-state index is 0.0112. The van der Waals surface area contributed by atoms with Gasteiger partial charge >= 0.3 is 5.97 Å². The lowest BCUT2D eigenvalue weighted by atomic mass is 9.84. The van der Waals surface area contributed by atoms with E-state index in [-0.39, 0.29) is 43.8 Å². The quantitative estimate of drug-likeness (QED) is 0.775. The van der Waals surface area contributed by atoms with Gasteiger partial charge in [-0.2, -0.15) is 5.26 Å². The number of nitrogens with zero attached hydrogens (tertiary/aromatic N) is 1. The first-order chi connectivity index (χ1) is 12.5. The van der Waals surface area contributed by atoms with Crippen LogP contribution in [0.3, 0.4) is 0 Å². The molecule has 0 bridgehead atoms. The zero-order valence-corrected chi connectivity index (χ0v) is 14.0. The van der Waals surface area contributed by atoms with Crippen LogP contribution < -0.4 is 0 Å². The normalized spacial score (nSPS) is 15.9. The zero-order valence-electron chi connectivity index (χ0n) is 14.0. The minimum atomic E-state index is -1.89. The maximum absolute atomic E-state index is 15.4. The molecule has 6 heteroatoms. The molecular formula is C20H17F2NO3. The summed E-state index contributed by atoms with van der Waals surface area (Å²) in [6.07, 6.45) is 0.0224. The Hall–Kier alpha value is -2.78. The molecule has 2 aromatic rings. The van der Waals surface area contributed by atoms with Gasteiger partial charge in [0.25, 0.3) is 0 Å². The van der Waals surface area contributed by atoms with Crippen LogP contribution >= 0.6 is 0 Å². The van der Waals surface area contributed by atoms with Crippen LogP contribution in [0.4, 0.5) is 8.78 Å². The molecule has 1 heterocycles. The van der Waals surface area contributed by atoms with Crippen molar-refractivity contribution >= 4 is 5.97 Å². The lowest BCUT2D eigenvalue weighted by Gasteiger charge is -2.31.